The average Bonchev–Trinajstić information content (AvgIpc) is 3.10. The van der Waals surface area contributed by atoms with Crippen molar-refractivity contribution in [2.75, 3.05) is 6.54 Å². The number of likely N-dealkylation sites (tertiary alicyclic amines) is 1. The van der Waals surface area contributed by atoms with Gasteiger partial charge in [-0.1, -0.05) is 24.9 Å². The summed E-state index contributed by atoms with van der Waals surface area (Å²) in [6.07, 6.45) is 9.10. The molecule has 1 aliphatic heterocycles. The summed E-state index contributed by atoms with van der Waals surface area (Å²) in [5.74, 6) is 1.02. The van der Waals surface area contributed by atoms with Crippen molar-refractivity contribution >= 4 is 0 Å². The highest BCUT2D eigenvalue weighted by Crippen LogP contribution is 2.31. The second-order valence-electron chi connectivity index (χ2n) is 6.87. The van der Waals surface area contributed by atoms with Gasteiger partial charge in [0.05, 0.1) is 12.2 Å². The lowest BCUT2D eigenvalue weighted by atomic mass is 10.1. The van der Waals surface area contributed by atoms with E-state index in [0.717, 1.165) is 43.9 Å². The number of nitrogens with zero attached hydrogens (tertiary/aromatic N) is 4. The SMILES string of the molecule is CCCc1cc(C2CCCCCN2Cc2cnn(CC)c2C)no1. The van der Waals surface area contributed by atoms with E-state index in [9.17, 15) is 0 Å². The summed E-state index contributed by atoms with van der Waals surface area (Å²) >= 11 is 0. The molecule has 1 aliphatic rings. The minimum absolute atomic E-state index is 0.367. The van der Waals surface area contributed by atoms with Crippen LogP contribution in [0.4, 0.5) is 0 Å². The Kier molecular flexibility index (Phi) is 5.72. The van der Waals surface area contributed by atoms with Gasteiger partial charge in [-0.05, 0) is 39.7 Å². The molecular weight excluding hydrogens is 300 g/mol. The van der Waals surface area contributed by atoms with Crippen molar-refractivity contribution in [3.8, 4) is 0 Å². The van der Waals surface area contributed by atoms with E-state index < -0.39 is 0 Å². The normalized spacial score (nSPS) is 19.5. The van der Waals surface area contributed by atoms with Crippen LogP contribution in [0.5, 0.6) is 0 Å². The molecule has 0 saturated carbocycles. The minimum atomic E-state index is 0.367. The summed E-state index contributed by atoms with van der Waals surface area (Å²) in [5.41, 5.74) is 3.73. The molecule has 0 N–H and O–H groups in total. The molecule has 0 bridgehead atoms. The van der Waals surface area contributed by atoms with Gasteiger partial charge in [0.2, 0.25) is 0 Å². The van der Waals surface area contributed by atoms with Gasteiger partial charge >= 0.3 is 0 Å². The van der Waals surface area contributed by atoms with Gasteiger partial charge in [0, 0.05) is 36.8 Å². The Morgan fingerprint density at radius 1 is 1.25 bits per heavy atom. The molecule has 3 heterocycles. The molecule has 132 valence electrons. The molecule has 0 aromatic carbocycles. The van der Waals surface area contributed by atoms with Crippen molar-refractivity contribution in [3.05, 3.63) is 35.0 Å². The minimum Gasteiger partial charge on any atom is -0.361 e. The molecule has 1 unspecified atom stereocenters. The lowest BCUT2D eigenvalue weighted by Gasteiger charge is -2.28. The second kappa shape index (κ2) is 7.97. The Hall–Kier alpha value is -1.62. The first-order chi connectivity index (χ1) is 11.7. The first-order valence-corrected chi connectivity index (χ1v) is 9.43. The standard InChI is InChI=1S/C19H30N4O/c1-4-9-17-12-18(21-24-17)19-10-7-6-8-11-22(19)14-16-13-20-23(5-2)15(16)3/h12-13,19H,4-11,14H2,1-3H3. The van der Waals surface area contributed by atoms with Crippen molar-refractivity contribution < 1.29 is 4.52 Å². The number of hydrogen-bond donors (Lipinski definition) is 0. The topological polar surface area (TPSA) is 47.1 Å². The smallest absolute Gasteiger partial charge is 0.137 e. The van der Waals surface area contributed by atoms with E-state index in [0.29, 0.717) is 6.04 Å². The van der Waals surface area contributed by atoms with Crippen LogP contribution >= 0.6 is 0 Å². The highest BCUT2D eigenvalue weighted by Gasteiger charge is 2.26. The maximum absolute atomic E-state index is 5.55. The van der Waals surface area contributed by atoms with E-state index in [4.69, 9.17) is 4.52 Å². The highest BCUT2D eigenvalue weighted by atomic mass is 16.5. The third-order valence-electron chi connectivity index (χ3n) is 5.16. The van der Waals surface area contributed by atoms with Crippen LogP contribution in [-0.2, 0) is 19.5 Å². The molecule has 0 aliphatic carbocycles. The Morgan fingerprint density at radius 2 is 2.12 bits per heavy atom. The van der Waals surface area contributed by atoms with E-state index in [1.807, 2.05) is 6.20 Å². The fourth-order valence-corrected chi connectivity index (χ4v) is 3.72. The van der Waals surface area contributed by atoms with Crippen molar-refractivity contribution in [1.29, 1.82) is 0 Å². The lowest BCUT2D eigenvalue weighted by molar-refractivity contribution is 0.183. The van der Waals surface area contributed by atoms with E-state index in [-0.39, 0.29) is 0 Å². The largest absolute Gasteiger partial charge is 0.361 e. The Bertz CT molecular complexity index is 646. The summed E-state index contributed by atoms with van der Waals surface area (Å²) in [6, 6.07) is 2.54. The summed E-state index contributed by atoms with van der Waals surface area (Å²) in [7, 11) is 0. The maximum Gasteiger partial charge on any atom is 0.137 e. The average molecular weight is 330 g/mol. The molecular formula is C19H30N4O. The third-order valence-corrected chi connectivity index (χ3v) is 5.16. The molecule has 24 heavy (non-hydrogen) atoms. The molecule has 0 radical (unpaired) electrons. The predicted octanol–water partition coefficient (Wildman–Crippen LogP) is 4.27. The molecule has 5 heteroatoms. The van der Waals surface area contributed by atoms with Gasteiger partial charge in [0.15, 0.2) is 0 Å². The second-order valence-corrected chi connectivity index (χ2v) is 6.87. The first-order valence-electron chi connectivity index (χ1n) is 9.43. The zero-order valence-electron chi connectivity index (χ0n) is 15.3. The molecule has 5 nitrogen and oxygen atoms in total. The monoisotopic (exact) mass is 330 g/mol. The Labute approximate surface area is 145 Å². The Morgan fingerprint density at radius 3 is 2.88 bits per heavy atom. The fourth-order valence-electron chi connectivity index (χ4n) is 3.72. The molecule has 2 aromatic heterocycles. The van der Waals surface area contributed by atoms with Crippen molar-refractivity contribution in [3.63, 3.8) is 0 Å². The summed E-state index contributed by atoms with van der Waals surface area (Å²) in [4.78, 5) is 2.57. The summed E-state index contributed by atoms with van der Waals surface area (Å²) < 4.78 is 7.63. The van der Waals surface area contributed by atoms with Crippen LogP contribution in [0, 0.1) is 6.92 Å². The molecule has 2 aromatic rings. The number of aromatic nitrogens is 3. The van der Waals surface area contributed by atoms with Crippen LogP contribution < -0.4 is 0 Å². The fraction of sp³-hybridized carbons (Fsp3) is 0.684. The zero-order valence-corrected chi connectivity index (χ0v) is 15.3. The molecule has 1 fully saturated rings. The molecule has 3 rings (SSSR count). The lowest BCUT2D eigenvalue weighted by Crippen LogP contribution is -2.28. The molecule has 1 saturated heterocycles. The third kappa shape index (κ3) is 3.72. The number of hydrogen-bond acceptors (Lipinski definition) is 4. The number of aryl methyl sites for hydroxylation is 2. The quantitative estimate of drug-likeness (QED) is 0.793. The maximum atomic E-state index is 5.55. The first kappa shape index (κ1) is 17.2. The highest BCUT2D eigenvalue weighted by molar-refractivity contribution is 5.17. The van der Waals surface area contributed by atoms with Gasteiger partial charge < -0.3 is 4.52 Å². The Balaban J connectivity index is 1.80. The van der Waals surface area contributed by atoms with Crippen LogP contribution in [0.2, 0.25) is 0 Å². The predicted molar refractivity (Wildman–Crippen MR) is 94.8 cm³/mol. The van der Waals surface area contributed by atoms with Gasteiger partial charge in [-0.2, -0.15) is 5.10 Å². The summed E-state index contributed by atoms with van der Waals surface area (Å²) in [5, 5.41) is 8.90. The van der Waals surface area contributed by atoms with E-state index in [1.54, 1.807) is 0 Å². The summed E-state index contributed by atoms with van der Waals surface area (Å²) in [6.45, 7) is 9.49. The zero-order chi connectivity index (χ0) is 16.9. The molecule has 0 amide bonds. The van der Waals surface area contributed by atoms with Gasteiger partial charge in [-0.3, -0.25) is 9.58 Å². The van der Waals surface area contributed by atoms with Crippen molar-refractivity contribution in [2.24, 2.45) is 0 Å². The van der Waals surface area contributed by atoms with Crippen LogP contribution in [-0.4, -0.2) is 26.4 Å². The van der Waals surface area contributed by atoms with Crippen LogP contribution in [0.25, 0.3) is 0 Å². The van der Waals surface area contributed by atoms with Crippen LogP contribution in [0.3, 0.4) is 0 Å². The van der Waals surface area contributed by atoms with Crippen LogP contribution in [0.15, 0.2) is 16.8 Å². The van der Waals surface area contributed by atoms with Crippen molar-refractivity contribution in [1.82, 2.24) is 19.8 Å². The van der Waals surface area contributed by atoms with Crippen LogP contribution in [0.1, 0.15) is 74.7 Å². The number of rotatable bonds is 6. The van der Waals surface area contributed by atoms with Gasteiger partial charge in [0.25, 0.3) is 0 Å². The van der Waals surface area contributed by atoms with E-state index in [1.165, 1.54) is 36.9 Å². The van der Waals surface area contributed by atoms with E-state index in [2.05, 4.69) is 46.7 Å². The van der Waals surface area contributed by atoms with E-state index >= 15 is 0 Å². The van der Waals surface area contributed by atoms with Crippen molar-refractivity contribution in [2.45, 2.75) is 78.4 Å². The molecule has 0 spiro atoms. The molecule has 1 atom stereocenters. The van der Waals surface area contributed by atoms with Gasteiger partial charge in [0.1, 0.15) is 11.5 Å². The van der Waals surface area contributed by atoms with Gasteiger partial charge in [-0.25, -0.2) is 0 Å². The van der Waals surface area contributed by atoms with Gasteiger partial charge in [-0.15, -0.1) is 0 Å².